The summed E-state index contributed by atoms with van der Waals surface area (Å²) in [7, 11) is 0. The molecule has 0 nitrogen and oxygen atoms in total. The Morgan fingerprint density at radius 1 is 0.667 bits per heavy atom. The molecule has 9 heavy (non-hydrogen) atoms. The van der Waals surface area contributed by atoms with Crippen LogP contribution in [0, 0.1) is 16.2 Å². The fourth-order valence-corrected chi connectivity index (χ4v) is 4.30. The average molecular weight is 120 g/mol. The molecule has 1 spiro atoms. The molecule has 4 aliphatic carbocycles. The summed E-state index contributed by atoms with van der Waals surface area (Å²) < 4.78 is 0. The SMILES string of the molecule is C1CCC2(C1)C13CC21C3. The van der Waals surface area contributed by atoms with Gasteiger partial charge in [0.25, 0.3) is 0 Å². The quantitative estimate of drug-likeness (QED) is 0.460. The first-order valence-corrected chi connectivity index (χ1v) is 4.37. The fraction of sp³-hybridized carbons (Fsp3) is 1.00. The van der Waals surface area contributed by atoms with Gasteiger partial charge >= 0.3 is 0 Å². The number of rotatable bonds is 0. The molecule has 48 valence electrons. The zero-order chi connectivity index (χ0) is 5.74. The molecule has 4 rings (SSSR count). The van der Waals surface area contributed by atoms with Crippen molar-refractivity contribution >= 4 is 0 Å². The van der Waals surface area contributed by atoms with Crippen molar-refractivity contribution in [3.8, 4) is 0 Å². The van der Waals surface area contributed by atoms with E-state index in [9.17, 15) is 0 Å². The van der Waals surface area contributed by atoms with Crippen molar-refractivity contribution < 1.29 is 0 Å². The third-order valence-corrected chi connectivity index (χ3v) is 5.10. The molecule has 0 heterocycles. The van der Waals surface area contributed by atoms with Gasteiger partial charge < -0.3 is 0 Å². The van der Waals surface area contributed by atoms with Gasteiger partial charge in [-0.3, -0.25) is 0 Å². The van der Waals surface area contributed by atoms with Crippen LogP contribution in [0.2, 0.25) is 0 Å². The highest BCUT2D eigenvalue weighted by molar-refractivity contribution is 5.58. The molecule has 0 aromatic heterocycles. The second kappa shape index (κ2) is 0.681. The zero-order valence-electron chi connectivity index (χ0n) is 5.74. The van der Waals surface area contributed by atoms with Crippen molar-refractivity contribution in [1.82, 2.24) is 0 Å². The second-order valence-electron chi connectivity index (χ2n) is 4.81. The predicted octanol–water partition coefficient (Wildman–Crippen LogP) is 2.34. The Morgan fingerprint density at radius 3 is 1.44 bits per heavy atom. The smallest absolute Gasteiger partial charge is 0.0162 e. The van der Waals surface area contributed by atoms with Crippen LogP contribution in [-0.4, -0.2) is 0 Å². The van der Waals surface area contributed by atoms with E-state index in [4.69, 9.17) is 0 Å². The van der Waals surface area contributed by atoms with Crippen LogP contribution >= 0.6 is 0 Å². The molecule has 0 atom stereocenters. The van der Waals surface area contributed by atoms with E-state index in [2.05, 4.69) is 0 Å². The Balaban J connectivity index is 1.85. The van der Waals surface area contributed by atoms with E-state index in [1.54, 1.807) is 38.5 Å². The molecule has 0 bridgehead atoms. The van der Waals surface area contributed by atoms with Crippen LogP contribution in [0.25, 0.3) is 0 Å². The molecule has 4 aliphatic rings. The molecule has 0 amide bonds. The minimum Gasteiger partial charge on any atom is -0.0527 e. The van der Waals surface area contributed by atoms with E-state index < -0.39 is 0 Å². The van der Waals surface area contributed by atoms with Crippen LogP contribution in [0.1, 0.15) is 38.5 Å². The Labute approximate surface area is 55.6 Å². The highest BCUT2D eigenvalue weighted by atomic mass is 15.1. The maximum absolute atomic E-state index is 1.65. The monoisotopic (exact) mass is 120 g/mol. The van der Waals surface area contributed by atoms with Crippen LogP contribution in [0.4, 0.5) is 0 Å². The van der Waals surface area contributed by atoms with E-state index in [1.165, 1.54) is 0 Å². The molecular weight excluding hydrogens is 108 g/mol. The molecule has 0 heteroatoms. The Kier molecular flexibility index (Phi) is 0.302. The van der Waals surface area contributed by atoms with Gasteiger partial charge in [0.15, 0.2) is 0 Å². The Hall–Kier alpha value is 0. The lowest BCUT2D eigenvalue weighted by Crippen LogP contribution is -2.24. The van der Waals surface area contributed by atoms with Gasteiger partial charge in [0.1, 0.15) is 0 Å². The van der Waals surface area contributed by atoms with E-state index in [0.717, 1.165) is 16.2 Å². The standard InChI is InChI=1S/C9H12/c1-2-4-7(3-1)8-5-9(7,8)6-8/h1-6H2. The molecule has 0 aliphatic heterocycles. The van der Waals surface area contributed by atoms with Crippen LogP contribution in [0.3, 0.4) is 0 Å². The molecule has 4 fully saturated rings. The van der Waals surface area contributed by atoms with Crippen molar-refractivity contribution in [2.75, 3.05) is 0 Å². The van der Waals surface area contributed by atoms with Crippen molar-refractivity contribution in [2.45, 2.75) is 38.5 Å². The van der Waals surface area contributed by atoms with Crippen LogP contribution in [-0.2, 0) is 0 Å². The first-order valence-electron chi connectivity index (χ1n) is 4.37. The fourth-order valence-electron chi connectivity index (χ4n) is 4.30. The topological polar surface area (TPSA) is 0 Å². The number of hydrogen-bond donors (Lipinski definition) is 0. The average Bonchev–Trinajstić information content (AvgIpc) is 2.61. The lowest BCUT2D eigenvalue weighted by molar-refractivity contribution is 0.167. The van der Waals surface area contributed by atoms with E-state index in [1.807, 2.05) is 0 Å². The summed E-state index contributed by atoms with van der Waals surface area (Å²) in [6.07, 6.45) is 9.66. The maximum atomic E-state index is 1.65. The summed E-state index contributed by atoms with van der Waals surface area (Å²) in [4.78, 5) is 0. The van der Waals surface area contributed by atoms with Gasteiger partial charge in [-0.1, -0.05) is 12.8 Å². The van der Waals surface area contributed by atoms with Gasteiger partial charge in [0.05, 0.1) is 0 Å². The Bertz CT molecular complexity index is 186. The maximum Gasteiger partial charge on any atom is -0.0162 e. The molecule has 0 unspecified atom stereocenters. The summed E-state index contributed by atoms with van der Waals surface area (Å²) >= 11 is 0. The van der Waals surface area contributed by atoms with Crippen molar-refractivity contribution in [3.05, 3.63) is 0 Å². The minimum absolute atomic E-state index is 1.01. The summed E-state index contributed by atoms with van der Waals surface area (Å²) in [6, 6.07) is 0. The lowest BCUT2D eigenvalue weighted by atomic mass is 9.72. The highest BCUT2D eigenvalue weighted by Crippen LogP contribution is 3.17. The number of hydrogen-bond acceptors (Lipinski definition) is 0. The predicted molar refractivity (Wildman–Crippen MR) is 35.0 cm³/mol. The molecule has 4 saturated carbocycles. The van der Waals surface area contributed by atoms with Gasteiger partial charge in [-0.05, 0) is 41.9 Å². The zero-order valence-corrected chi connectivity index (χ0v) is 5.74. The molecule has 0 N–H and O–H groups in total. The van der Waals surface area contributed by atoms with E-state index in [0.29, 0.717) is 0 Å². The van der Waals surface area contributed by atoms with Gasteiger partial charge in [-0.2, -0.15) is 0 Å². The first kappa shape index (κ1) is 4.00. The molecule has 0 aromatic carbocycles. The van der Waals surface area contributed by atoms with Crippen LogP contribution in [0.5, 0.6) is 0 Å². The molecule has 0 radical (unpaired) electrons. The van der Waals surface area contributed by atoms with Crippen molar-refractivity contribution in [3.63, 3.8) is 0 Å². The minimum atomic E-state index is 1.01. The third-order valence-electron chi connectivity index (χ3n) is 5.10. The molecule has 0 saturated heterocycles. The van der Waals surface area contributed by atoms with Gasteiger partial charge in [-0.15, -0.1) is 0 Å². The van der Waals surface area contributed by atoms with Crippen LogP contribution in [0.15, 0.2) is 0 Å². The highest BCUT2D eigenvalue weighted by Gasteiger charge is 3.10. The van der Waals surface area contributed by atoms with Crippen molar-refractivity contribution in [2.24, 2.45) is 16.2 Å². The third kappa shape index (κ3) is 0.163. The van der Waals surface area contributed by atoms with Gasteiger partial charge in [0, 0.05) is 0 Å². The summed E-state index contributed by atoms with van der Waals surface area (Å²) in [6.45, 7) is 0. The van der Waals surface area contributed by atoms with Gasteiger partial charge in [0.2, 0.25) is 0 Å². The van der Waals surface area contributed by atoms with Crippen molar-refractivity contribution in [1.29, 1.82) is 0 Å². The van der Waals surface area contributed by atoms with E-state index >= 15 is 0 Å². The summed E-state index contributed by atoms with van der Waals surface area (Å²) in [5.41, 5.74) is 3.09. The van der Waals surface area contributed by atoms with Crippen LogP contribution < -0.4 is 0 Å². The lowest BCUT2D eigenvalue weighted by Gasteiger charge is -2.32. The summed E-state index contributed by atoms with van der Waals surface area (Å²) in [5, 5.41) is 0. The molecular formula is C9H12. The summed E-state index contributed by atoms with van der Waals surface area (Å²) in [5.74, 6) is 0. The first-order chi connectivity index (χ1) is 4.37. The molecule has 0 aromatic rings. The largest absolute Gasteiger partial charge is 0.0527 e. The second-order valence-corrected chi connectivity index (χ2v) is 4.81. The normalized spacial score (nSPS) is 69.3. The Morgan fingerprint density at radius 2 is 1.22 bits per heavy atom. The van der Waals surface area contributed by atoms with E-state index in [-0.39, 0.29) is 0 Å². The van der Waals surface area contributed by atoms with Gasteiger partial charge in [-0.25, -0.2) is 0 Å².